The molecule has 0 radical (unpaired) electrons. The van der Waals surface area contributed by atoms with Gasteiger partial charge in [-0.25, -0.2) is 0 Å². The van der Waals surface area contributed by atoms with Crippen molar-refractivity contribution in [2.24, 2.45) is 4.99 Å². The van der Waals surface area contributed by atoms with E-state index in [9.17, 15) is 4.79 Å². The van der Waals surface area contributed by atoms with Crippen molar-refractivity contribution in [2.75, 3.05) is 32.8 Å². The van der Waals surface area contributed by atoms with Crippen molar-refractivity contribution in [1.29, 1.82) is 0 Å². The van der Waals surface area contributed by atoms with Crippen molar-refractivity contribution in [3.8, 4) is 0 Å². The average Bonchev–Trinajstić information content (AvgIpc) is 2.76. The molecule has 0 heterocycles. The molecule has 1 amide bonds. The summed E-state index contributed by atoms with van der Waals surface area (Å²) in [6.45, 7) is 6.96. The summed E-state index contributed by atoms with van der Waals surface area (Å²) < 4.78 is 5.93. The van der Waals surface area contributed by atoms with Crippen LogP contribution in [0, 0.1) is 0 Å². The number of carbonyl (C=O) groups excluding carboxylic acids is 1. The Morgan fingerprint density at radius 2 is 1.74 bits per heavy atom. The van der Waals surface area contributed by atoms with Crippen LogP contribution in [0.1, 0.15) is 52.4 Å². The Hall–Kier alpha value is -0.570. The van der Waals surface area contributed by atoms with E-state index in [2.05, 4.69) is 20.9 Å². The summed E-state index contributed by atoms with van der Waals surface area (Å²) in [6.07, 6.45) is 8.09. The van der Waals surface area contributed by atoms with Crippen LogP contribution in [0.15, 0.2) is 4.99 Å². The highest BCUT2D eigenvalue weighted by Gasteiger charge is 2.11. The van der Waals surface area contributed by atoms with Crippen molar-refractivity contribution in [3.63, 3.8) is 0 Å². The van der Waals surface area contributed by atoms with Gasteiger partial charge in [0.2, 0.25) is 5.91 Å². The molecule has 3 N–H and O–H groups in total. The van der Waals surface area contributed by atoms with Gasteiger partial charge in [-0.3, -0.25) is 9.79 Å². The molecule has 1 aliphatic rings. The monoisotopic (exact) mass is 440 g/mol. The second-order valence-electron chi connectivity index (χ2n) is 5.65. The number of hydrogen-bond donors (Lipinski definition) is 3. The van der Waals surface area contributed by atoms with Crippen LogP contribution in [-0.4, -0.2) is 50.8 Å². The van der Waals surface area contributed by atoms with Gasteiger partial charge in [-0.05, 0) is 19.8 Å². The maximum absolute atomic E-state index is 10.8. The standard InChI is InChI=1S/C16H32N4O2.HI/c1-3-17-16(19-11-10-18-14(2)21)20-12-13-22-15-8-6-4-5-7-9-15;/h15H,3-13H2,1-2H3,(H,18,21)(H2,17,19,20);1H. The smallest absolute Gasteiger partial charge is 0.216 e. The third-order valence-corrected chi connectivity index (χ3v) is 3.65. The first-order valence-electron chi connectivity index (χ1n) is 8.60. The fraction of sp³-hybridized carbons (Fsp3) is 0.875. The molecule has 6 nitrogen and oxygen atoms in total. The largest absolute Gasteiger partial charge is 0.376 e. The molecule has 0 unspecified atom stereocenters. The van der Waals surface area contributed by atoms with Crippen LogP contribution in [0.4, 0.5) is 0 Å². The number of nitrogens with one attached hydrogen (secondary N) is 3. The molecule has 1 aliphatic carbocycles. The molecule has 0 bridgehead atoms. The lowest BCUT2D eigenvalue weighted by molar-refractivity contribution is -0.118. The van der Waals surface area contributed by atoms with E-state index in [0.29, 0.717) is 32.3 Å². The minimum atomic E-state index is -0.0134. The zero-order valence-electron chi connectivity index (χ0n) is 14.5. The van der Waals surface area contributed by atoms with Crippen LogP contribution in [-0.2, 0) is 9.53 Å². The normalized spacial score (nSPS) is 16.2. The molecule has 0 atom stereocenters. The lowest BCUT2D eigenvalue weighted by Gasteiger charge is -2.15. The summed E-state index contributed by atoms with van der Waals surface area (Å²) in [5, 5.41) is 9.13. The Kier molecular flexibility index (Phi) is 14.6. The zero-order chi connectivity index (χ0) is 16.0. The number of hydrogen-bond acceptors (Lipinski definition) is 3. The molecular formula is C16H33IN4O2. The van der Waals surface area contributed by atoms with Crippen LogP contribution in [0.25, 0.3) is 0 Å². The quantitative estimate of drug-likeness (QED) is 0.178. The van der Waals surface area contributed by atoms with E-state index in [1.165, 1.54) is 45.4 Å². The van der Waals surface area contributed by atoms with Gasteiger partial charge in [0.1, 0.15) is 0 Å². The van der Waals surface area contributed by atoms with E-state index in [-0.39, 0.29) is 29.9 Å². The van der Waals surface area contributed by atoms with Gasteiger partial charge in [0.25, 0.3) is 0 Å². The predicted octanol–water partition coefficient (Wildman–Crippen LogP) is 2.03. The summed E-state index contributed by atoms with van der Waals surface area (Å²) in [5.74, 6) is 0.762. The molecule has 0 aliphatic heterocycles. The van der Waals surface area contributed by atoms with Gasteiger partial charge in [0, 0.05) is 26.6 Å². The Morgan fingerprint density at radius 1 is 1.09 bits per heavy atom. The second-order valence-corrected chi connectivity index (χ2v) is 5.65. The van der Waals surface area contributed by atoms with Crippen molar-refractivity contribution in [3.05, 3.63) is 0 Å². The third kappa shape index (κ3) is 12.5. The van der Waals surface area contributed by atoms with Gasteiger partial charge in [-0.2, -0.15) is 0 Å². The molecule has 23 heavy (non-hydrogen) atoms. The number of amides is 1. The first-order valence-corrected chi connectivity index (χ1v) is 8.60. The van der Waals surface area contributed by atoms with Crippen LogP contribution in [0.5, 0.6) is 0 Å². The van der Waals surface area contributed by atoms with Crippen LogP contribution >= 0.6 is 24.0 Å². The number of carbonyl (C=O) groups is 1. The predicted molar refractivity (Wildman–Crippen MR) is 106 cm³/mol. The average molecular weight is 440 g/mol. The SMILES string of the molecule is CCNC(=NCCOC1CCCCCC1)NCCNC(C)=O.I. The summed E-state index contributed by atoms with van der Waals surface area (Å²) in [5.41, 5.74) is 0. The first-order chi connectivity index (χ1) is 10.7. The molecule has 7 heteroatoms. The van der Waals surface area contributed by atoms with E-state index in [1.54, 1.807) is 0 Å². The van der Waals surface area contributed by atoms with Crippen LogP contribution < -0.4 is 16.0 Å². The van der Waals surface area contributed by atoms with Crippen LogP contribution in [0.3, 0.4) is 0 Å². The fourth-order valence-corrected chi connectivity index (χ4v) is 2.55. The molecule has 1 saturated carbocycles. The number of nitrogens with zero attached hydrogens (tertiary/aromatic N) is 1. The molecule has 0 spiro atoms. The van der Waals surface area contributed by atoms with Crippen molar-refractivity contribution < 1.29 is 9.53 Å². The van der Waals surface area contributed by atoms with Crippen molar-refractivity contribution >= 4 is 35.8 Å². The van der Waals surface area contributed by atoms with E-state index in [4.69, 9.17) is 4.74 Å². The fourth-order valence-electron chi connectivity index (χ4n) is 2.55. The molecule has 0 saturated heterocycles. The molecule has 136 valence electrons. The highest BCUT2D eigenvalue weighted by atomic mass is 127. The Bertz CT molecular complexity index is 332. The van der Waals surface area contributed by atoms with Crippen LogP contribution in [0.2, 0.25) is 0 Å². The Morgan fingerprint density at radius 3 is 2.35 bits per heavy atom. The lowest BCUT2D eigenvalue weighted by atomic mass is 10.1. The molecule has 1 fully saturated rings. The maximum Gasteiger partial charge on any atom is 0.216 e. The van der Waals surface area contributed by atoms with Crippen molar-refractivity contribution in [2.45, 2.75) is 58.5 Å². The minimum Gasteiger partial charge on any atom is -0.376 e. The number of ether oxygens (including phenoxy) is 1. The zero-order valence-corrected chi connectivity index (χ0v) is 16.9. The van der Waals surface area contributed by atoms with Crippen molar-refractivity contribution in [1.82, 2.24) is 16.0 Å². The first kappa shape index (κ1) is 22.4. The lowest BCUT2D eigenvalue weighted by Crippen LogP contribution is -2.41. The molecule has 0 aromatic carbocycles. The van der Waals surface area contributed by atoms with Gasteiger partial charge in [0.05, 0.1) is 19.3 Å². The Balaban J connectivity index is 0.00000484. The second kappa shape index (κ2) is 15.0. The summed E-state index contributed by atoms with van der Waals surface area (Å²) >= 11 is 0. The summed E-state index contributed by atoms with van der Waals surface area (Å²) in [4.78, 5) is 15.3. The third-order valence-electron chi connectivity index (χ3n) is 3.65. The summed E-state index contributed by atoms with van der Waals surface area (Å²) in [6, 6.07) is 0. The maximum atomic E-state index is 10.8. The minimum absolute atomic E-state index is 0. The van der Waals surface area contributed by atoms with E-state index < -0.39 is 0 Å². The van der Waals surface area contributed by atoms with Gasteiger partial charge >= 0.3 is 0 Å². The van der Waals surface area contributed by atoms with E-state index in [1.807, 2.05) is 6.92 Å². The highest BCUT2D eigenvalue weighted by molar-refractivity contribution is 14.0. The number of halogens is 1. The number of aliphatic imine (C=N–C) groups is 1. The number of rotatable bonds is 8. The molecule has 0 aromatic heterocycles. The number of guanidine groups is 1. The Labute approximate surface area is 157 Å². The highest BCUT2D eigenvalue weighted by Crippen LogP contribution is 2.19. The van der Waals surface area contributed by atoms with E-state index >= 15 is 0 Å². The summed E-state index contributed by atoms with van der Waals surface area (Å²) in [7, 11) is 0. The van der Waals surface area contributed by atoms with Gasteiger partial charge in [0.15, 0.2) is 5.96 Å². The molecule has 1 rings (SSSR count). The van der Waals surface area contributed by atoms with Gasteiger partial charge < -0.3 is 20.7 Å². The van der Waals surface area contributed by atoms with Gasteiger partial charge in [-0.1, -0.05) is 25.7 Å². The topological polar surface area (TPSA) is 74.8 Å². The van der Waals surface area contributed by atoms with Gasteiger partial charge in [-0.15, -0.1) is 24.0 Å². The molecule has 0 aromatic rings. The molecular weight excluding hydrogens is 407 g/mol. The van der Waals surface area contributed by atoms with E-state index in [0.717, 1.165) is 12.5 Å².